The summed E-state index contributed by atoms with van der Waals surface area (Å²) in [4.78, 5) is -0.125. The number of hydrogen-bond donors (Lipinski definition) is 0. The van der Waals surface area contributed by atoms with Crippen LogP contribution in [0.15, 0.2) is 0 Å². The second-order valence-corrected chi connectivity index (χ2v) is 5.04. The van der Waals surface area contributed by atoms with Crippen molar-refractivity contribution in [1.29, 1.82) is 0 Å². The Morgan fingerprint density at radius 2 is 0.857 bits per heavy atom. The van der Waals surface area contributed by atoms with Crippen LogP contribution in [0.3, 0.4) is 0 Å². The molecule has 14 heavy (non-hydrogen) atoms. The van der Waals surface area contributed by atoms with E-state index < -0.39 is 0 Å². The van der Waals surface area contributed by atoms with Crippen LogP contribution in [-0.2, 0) is 0 Å². The summed E-state index contributed by atoms with van der Waals surface area (Å²) in [5.41, 5.74) is 0.177. The van der Waals surface area contributed by atoms with Gasteiger partial charge in [-0.15, -0.1) is 0 Å². The van der Waals surface area contributed by atoms with Gasteiger partial charge in [0.2, 0.25) is 0 Å². The quantitative estimate of drug-likeness (QED) is 0.420. The van der Waals surface area contributed by atoms with E-state index in [4.69, 9.17) is 81.2 Å². The molecule has 0 fully saturated rings. The maximum atomic E-state index is 5.82. The van der Waals surface area contributed by atoms with Gasteiger partial charge in [0, 0.05) is 5.56 Å². The van der Waals surface area contributed by atoms with Crippen LogP contribution in [0, 0.1) is 4.84 Å². The van der Waals surface area contributed by atoms with Crippen molar-refractivity contribution in [3.63, 3.8) is 0 Å². The molecule has 1 rings (SSSR count). The standard InChI is InChI=1S/C7Cl7/c8-2-1(7(13)14)3(9)5(11)6(12)4(2)10. The van der Waals surface area contributed by atoms with Crippen LogP contribution in [0.25, 0.3) is 0 Å². The van der Waals surface area contributed by atoms with Crippen molar-refractivity contribution in [2.24, 2.45) is 0 Å². The second kappa shape index (κ2) is 5.05. The van der Waals surface area contributed by atoms with E-state index in [1.807, 2.05) is 0 Å². The fourth-order valence-electron chi connectivity index (χ4n) is 0.771. The molecule has 7 heteroatoms. The van der Waals surface area contributed by atoms with E-state index in [0.29, 0.717) is 0 Å². The predicted octanol–water partition coefficient (Wildman–Crippen LogP) is 6.27. The van der Waals surface area contributed by atoms with Crippen LogP contribution < -0.4 is 0 Å². The maximum Gasteiger partial charge on any atom is 0.183 e. The first-order chi connectivity index (χ1) is 6.37. The van der Waals surface area contributed by atoms with E-state index in [1.165, 1.54) is 0 Å². The van der Waals surface area contributed by atoms with Gasteiger partial charge in [0.25, 0.3) is 0 Å². The zero-order chi connectivity index (χ0) is 11.0. The van der Waals surface area contributed by atoms with Crippen molar-refractivity contribution >= 4 is 81.2 Å². The van der Waals surface area contributed by atoms with E-state index in [1.54, 1.807) is 0 Å². The van der Waals surface area contributed by atoms with E-state index in [0.717, 1.165) is 0 Å². The zero-order valence-electron chi connectivity index (χ0n) is 6.15. The molecule has 0 aliphatic heterocycles. The summed E-state index contributed by atoms with van der Waals surface area (Å²) in [5.74, 6) is 0. The number of hydrogen-bond acceptors (Lipinski definition) is 0. The summed E-state index contributed by atoms with van der Waals surface area (Å²) >= 11 is 40.0. The average Bonchev–Trinajstić information content (AvgIpc) is 2.11. The third kappa shape index (κ3) is 2.32. The third-order valence-corrected chi connectivity index (χ3v) is 4.05. The van der Waals surface area contributed by atoms with Crippen molar-refractivity contribution < 1.29 is 0 Å². The van der Waals surface area contributed by atoms with Gasteiger partial charge < -0.3 is 0 Å². The largest absolute Gasteiger partial charge is 0.183 e. The molecule has 0 saturated carbocycles. The Bertz CT molecular complexity index is 342. The van der Waals surface area contributed by atoms with E-state index in [-0.39, 0.29) is 35.5 Å². The Labute approximate surface area is 116 Å². The molecule has 0 bridgehead atoms. The molecule has 0 heterocycles. The van der Waals surface area contributed by atoms with Gasteiger partial charge in [-0.05, 0) is 0 Å². The number of rotatable bonds is 1. The molecular weight excluding hydrogens is 332 g/mol. The van der Waals surface area contributed by atoms with Gasteiger partial charge in [0.15, 0.2) is 4.84 Å². The first-order valence-electron chi connectivity index (χ1n) is 3.07. The normalized spacial score (nSPS) is 11.1. The van der Waals surface area contributed by atoms with E-state index >= 15 is 0 Å². The molecule has 1 aromatic carbocycles. The Morgan fingerprint density at radius 1 is 0.571 bits per heavy atom. The number of halogens is 7. The Morgan fingerprint density at radius 3 is 1.14 bits per heavy atom. The molecule has 1 aromatic rings. The molecule has 0 N–H and O–H groups in total. The number of benzene rings is 1. The van der Waals surface area contributed by atoms with Crippen molar-refractivity contribution in [2.45, 2.75) is 0 Å². The highest BCUT2D eigenvalue weighted by atomic mass is 35.5. The summed E-state index contributed by atoms with van der Waals surface area (Å²) in [6.07, 6.45) is 0. The van der Waals surface area contributed by atoms with Crippen molar-refractivity contribution in [3.05, 3.63) is 35.5 Å². The first-order valence-corrected chi connectivity index (χ1v) is 5.72. The summed E-state index contributed by atoms with van der Waals surface area (Å²) in [5, 5.41) is 0.354. The lowest BCUT2D eigenvalue weighted by Gasteiger charge is -2.11. The van der Waals surface area contributed by atoms with Gasteiger partial charge in [-0.3, -0.25) is 0 Å². The third-order valence-electron chi connectivity index (χ3n) is 1.40. The molecule has 0 atom stereocenters. The van der Waals surface area contributed by atoms with E-state index in [2.05, 4.69) is 0 Å². The monoisotopic (exact) mass is 329 g/mol. The molecule has 0 nitrogen and oxygen atoms in total. The van der Waals surface area contributed by atoms with E-state index in [9.17, 15) is 0 Å². The van der Waals surface area contributed by atoms with Crippen LogP contribution in [0.5, 0.6) is 0 Å². The topological polar surface area (TPSA) is 0 Å². The highest BCUT2D eigenvalue weighted by molar-refractivity contribution is 6.60. The van der Waals surface area contributed by atoms with Gasteiger partial charge in [-0.2, -0.15) is 0 Å². The molecule has 0 saturated heterocycles. The summed E-state index contributed by atoms with van der Waals surface area (Å²) in [7, 11) is 0. The molecule has 0 aliphatic rings. The maximum absolute atomic E-state index is 5.82. The summed E-state index contributed by atoms with van der Waals surface area (Å²) in [6, 6.07) is 0. The van der Waals surface area contributed by atoms with Gasteiger partial charge >= 0.3 is 0 Å². The Balaban J connectivity index is 3.60. The minimum Gasteiger partial charge on any atom is -0.0924 e. The lowest BCUT2D eigenvalue weighted by molar-refractivity contribution is 1.54. The fraction of sp³-hybridized carbons (Fsp3) is 0. The lowest BCUT2D eigenvalue weighted by atomic mass is 10.2. The molecule has 0 unspecified atom stereocenters. The minimum atomic E-state index is -0.125. The minimum absolute atomic E-state index is 0.0662. The molecule has 0 amide bonds. The molecule has 1 radical (unpaired) electrons. The Hall–Kier alpha value is 1.25. The highest BCUT2D eigenvalue weighted by Gasteiger charge is 2.23. The summed E-state index contributed by atoms with van der Waals surface area (Å²) < 4.78 is 0. The van der Waals surface area contributed by atoms with Gasteiger partial charge in [-0.25, -0.2) is 0 Å². The average molecular weight is 332 g/mol. The fourth-order valence-corrected chi connectivity index (χ4v) is 2.67. The molecule has 0 aliphatic carbocycles. The van der Waals surface area contributed by atoms with Crippen LogP contribution in [-0.4, -0.2) is 0 Å². The van der Waals surface area contributed by atoms with Crippen LogP contribution in [0.1, 0.15) is 5.56 Å². The van der Waals surface area contributed by atoms with Crippen molar-refractivity contribution in [3.8, 4) is 0 Å². The smallest absolute Gasteiger partial charge is 0.0924 e. The molecular formula is C7Cl7. The van der Waals surface area contributed by atoms with Gasteiger partial charge in [0.1, 0.15) is 0 Å². The van der Waals surface area contributed by atoms with Gasteiger partial charge in [-0.1, -0.05) is 81.2 Å². The highest BCUT2D eigenvalue weighted by Crippen LogP contribution is 2.47. The zero-order valence-corrected chi connectivity index (χ0v) is 11.4. The summed E-state index contributed by atoms with van der Waals surface area (Å²) in [6.45, 7) is 0. The molecule has 0 aromatic heterocycles. The van der Waals surface area contributed by atoms with Crippen LogP contribution in [0.4, 0.5) is 0 Å². The van der Waals surface area contributed by atoms with Crippen LogP contribution >= 0.6 is 81.2 Å². The lowest BCUT2D eigenvalue weighted by Crippen LogP contribution is -1.90. The van der Waals surface area contributed by atoms with Crippen molar-refractivity contribution in [1.82, 2.24) is 0 Å². The van der Waals surface area contributed by atoms with Crippen LogP contribution in [0.2, 0.25) is 25.1 Å². The van der Waals surface area contributed by atoms with Gasteiger partial charge in [0.05, 0.1) is 25.1 Å². The molecule has 77 valence electrons. The first kappa shape index (κ1) is 13.3. The predicted molar refractivity (Wildman–Crippen MR) is 65.5 cm³/mol. The molecule has 0 spiro atoms. The van der Waals surface area contributed by atoms with Crippen molar-refractivity contribution in [2.75, 3.05) is 0 Å². The second-order valence-electron chi connectivity index (χ2n) is 2.21. The SMILES string of the molecule is Cl[C](Cl)c1c(Cl)c(Cl)c(Cl)c(Cl)c1Cl. The Kier molecular flexibility index (Phi) is 4.81.